The van der Waals surface area contributed by atoms with E-state index in [2.05, 4.69) is 18.7 Å². The smallest absolute Gasteiger partial charge is 0.161 e. The van der Waals surface area contributed by atoms with Gasteiger partial charge in [0.2, 0.25) is 0 Å². The van der Waals surface area contributed by atoms with Gasteiger partial charge in [-0.05, 0) is 42.0 Å². The molecule has 4 heteroatoms. The minimum Gasteiger partial charge on any atom is -0.493 e. The van der Waals surface area contributed by atoms with Gasteiger partial charge in [0.1, 0.15) is 5.78 Å². The van der Waals surface area contributed by atoms with Gasteiger partial charge in [-0.1, -0.05) is 13.8 Å². The maximum Gasteiger partial charge on any atom is 0.161 e. The normalized spacial score (nSPS) is 29.3. The predicted molar refractivity (Wildman–Crippen MR) is 90.1 cm³/mol. The molecule has 1 aromatic rings. The molecule has 0 unspecified atom stereocenters. The van der Waals surface area contributed by atoms with Gasteiger partial charge in [-0.3, -0.25) is 9.69 Å². The second kappa shape index (κ2) is 6.52. The van der Waals surface area contributed by atoms with Crippen LogP contribution in [0.2, 0.25) is 0 Å². The zero-order valence-electron chi connectivity index (χ0n) is 19.6. The molecule has 2 atom stereocenters. The van der Waals surface area contributed by atoms with Crippen molar-refractivity contribution in [1.29, 1.82) is 0 Å². The lowest BCUT2D eigenvalue weighted by atomic mass is 9.80. The van der Waals surface area contributed by atoms with E-state index in [0.29, 0.717) is 25.3 Å². The zero-order valence-corrected chi connectivity index (χ0v) is 13.6. The number of methoxy groups -OCH3 is 2. The topological polar surface area (TPSA) is 38.8 Å². The highest BCUT2D eigenvalue weighted by atomic mass is 16.5. The molecule has 1 saturated heterocycles. The van der Waals surface area contributed by atoms with Gasteiger partial charge in [0, 0.05) is 31.5 Å². The lowest BCUT2D eigenvalue weighted by molar-refractivity contribution is -0.129. The summed E-state index contributed by atoms with van der Waals surface area (Å²) in [7, 11) is -5.48. The van der Waals surface area contributed by atoms with E-state index in [1.807, 2.05) is 0 Å². The van der Waals surface area contributed by atoms with Gasteiger partial charge in [0.25, 0.3) is 0 Å². The second-order valence-electron chi connectivity index (χ2n) is 6.96. The van der Waals surface area contributed by atoms with Crippen LogP contribution in [0.15, 0.2) is 12.1 Å². The van der Waals surface area contributed by atoms with E-state index in [1.54, 1.807) is 6.07 Å². The van der Waals surface area contributed by atoms with Crippen LogP contribution in [-0.4, -0.2) is 37.8 Å². The van der Waals surface area contributed by atoms with Crippen LogP contribution in [0.4, 0.5) is 0 Å². The predicted octanol–water partition coefficient (Wildman–Crippen LogP) is 3.24. The van der Waals surface area contributed by atoms with Crippen molar-refractivity contribution in [2.45, 2.75) is 39.2 Å². The number of hydrogen-bond acceptors (Lipinski definition) is 4. The van der Waals surface area contributed by atoms with E-state index in [0.717, 1.165) is 24.1 Å². The molecular weight excluding hydrogens is 290 g/mol. The van der Waals surface area contributed by atoms with Crippen molar-refractivity contribution < 1.29 is 22.5 Å². The summed E-state index contributed by atoms with van der Waals surface area (Å²) in [6, 6.07) is 2.93. The minimum atomic E-state index is -2.75. The van der Waals surface area contributed by atoms with Crippen LogP contribution in [0, 0.1) is 11.8 Å². The van der Waals surface area contributed by atoms with Crippen LogP contribution in [0.25, 0.3) is 0 Å². The number of ether oxygens (including phenoxy) is 2. The number of hydrogen-bond donors (Lipinski definition) is 0. The summed E-state index contributed by atoms with van der Waals surface area (Å²) in [4.78, 5) is 15.0. The number of benzene rings is 1. The zero-order chi connectivity index (χ0) is 21.6. The highest BCUT2D eigenvalue weighted by molar-refractivity contribution is 5.83. The van der Waals surface area contributed by atoms with Crippen LogP contribution >= 0.6 is 0 Å². The van der Waals surface area contributed by atoms with Crippen molar-refractivity contribution in [2.24, 2.45) is 11.8 Å². The maximum atomic E-state index is 12.7. The van der Waals surface area contributed by atoms with Crippen LogP contribution in [0.5, 0.6) is 11.5 Å². The van der Waals surface area contributed by atoms with E-state index in [1.165, 1.54) is 6.07 Å². The number of ketones is 1. The van der Waals surface area contributed by atoms with Crippen LogP contribution in [-0.2, 0) is 11.2 Å². The molecule has 0 N–H and O–H groups in total. The molecule has 0 bridgehead atoms. The summed E-state index contributed by atoms with van der Waals surface area (Å²) in [6.45, 7) is 5.65. The molecule has 0 amide bonds. The molecule has 0 saturated carbocycles. The molecule has 1 aromatic carbocycles. The molecule has 0 aromatic heterocycles. The van der Waals surface area contributed by atoms with Gasteiger partial charge in [0.15, 0.2) is 11.5 Å². The van der Waals surface area contributed by atoms with Gasteiger partial charge < -0.3 is 9.47 Å². The number of rotatable bonds is 4. The molecule has 23 heavy (non-hydrogen) atoms. The van der Waals surface area contributed by atoms with Gasteiger partial charge in [-0.2, -0.15) is 0 Å². The van der Waals surface area contributed by atoms with Crippen LogP contribution in [0.1, 0.15) is 52.1 Å². The van der Waals surface area contributed by atoms with Crippen molar-refractivity contribution in [3.63, 3.8) is 0 Å². The average Bonchev–Trinajstić information content (AvgIpc) is 2.53. The first kappa shape index (κ1) is 10.3. The molecule has 126 valence electrons. The largest absolute Gasteiger partial charge is 0.493 e. The van der Waals surface area contributed by atoms with Crippen LogP contribution in [0.3, 0.4) is 0 Å². The quantitative estimate of drug-likeness (QED) is 0.853. The number of Topliss-reactive ketones (excluding diaryl/α,β-unsaturated/α-hetero) is 1. The Balaban J connectivity index is 1.95. The molecule has 3 rings (SSSR count). The van der Waals surface area contributed by atoms with Crippen molar-refractivity contribution in [3.05, 3.63) is 23.3 Å². The van der Waals surface area contributed by atoms with Gasteiger partial charge in [-0.25, -0.2) is 0 Å². The van der Waals surface area contributed by atoms with Gasteiger partial charge >= 0.3 is 0 Å². The summed E-state index contributed by atoms with van der Waals surface area (Å²) in [5.41, 5.74) is 1.67. The Morgan fingerprint density at radius 2 is 2.04 bits per heavy atom. The van der Waals surface area contributed by atoms with E-state index in [4.69, 9.17) is 17.7 Å². The Morgan fingerprint density at radius 3 is 2.74 bits per heavy atom. The molecule has 0 spiro atoms. The summed E-state index contributed by atoms with van der Waals surface area (Å²) < 4.78 is 54.3. The van der Waals surface area contributed by atoms with Crippen molar-refractivity contribution in [3.8, 4) is 11.5 Å². The molecule has 2 heterocycles. The third kappa shape index (κ3) is 3.09. The van der Waals surface area contributed by atoms with E-state index < -0.39 is 14.1 Å². The molecule has 0 radical (unpaired) electrons. The molecule has 2 aliphatic rings. The third-order valence-corrected chi connectivity index (χ3v) is 4.95. The first-order valence-electron chi connectivity index (χ1n) is 11.1. The number of piperidine rings is 1. The molecule has 1 fully saturated rings. The lowest BCUT2D eigenvalue weighted by Gasteiger charge is -2.43. The first-order valence-corrected chi connectivity index (χ1v) is 8.14. The Morgan fingerprint density at radius 1 is 1.30 bits per heavy atom. The fraction of sp³-hybridized carbons (Fsp3) is 0.632. The average molecular weight is 323 g/mol. The number of carbonyl (C=O) groups excluding carboxylic acids is 1. The van der Waals surface area contributed by atoms with Gasteiger partial charge in [-0.15, -0.1) is 0 Å². The number of nitrogens with zero attached hydrogens (tertiary/aromatic N) is 1. The molecule has 2 aliphatic heterocycles. The number of carbonyl (C=O) groups is 1. The van der Waals surface area contributed by atoms with Crippen molar-refractivity contribution in [1.82, 2.24) is 4.90 Å². The Labute approximate surface area is 147 Å². The first-order chi connectivity index (χ1) is 13.3. The third-order valence-electron chi connectivity index (χ3n) is 4.95. The molecule has 4 nitrogen and oxygen atoms in total. The van der Waals surface area contributed by atoms with Crippen LogP contribution < -0.4 is 9.47 Å². The number of fused-ring (bicyclic) bond motifs is 3. The monoisotopic (exact) mass is 323 g/mol. The molecular formula is C19H27NO3. The van der Waals surface area contributed by atoms with E-state index >= 15 is 0 Å². The fourth-order valence-electron chi connectivity index (χ4n) is 3.90. The Hall–Kier alpha value is -1.55. The SMILES string of the molecule is [2H]C([2H])([2H])Oc1cc2c(cc1OC([2H])([2H])[2H])[C@@H]1CC(=O)[C@H](CC(C)C)CN1CC2. The Bertz CT molecular complexity index is 774. The van der Waals surface area contributed by atoms with E-state index in [9.17, 15) is 4.79 Å². The highest BCUT2D eigenvalue weighted by Crippen LogP contribution is 2.42. The lowest BCUT2D eigenvalue weighted by Crippen LogP contribution is -2.46. The Kier molecular flexibility index (Phi) is 2.93. The van der Waals surface area contributed by atoms with Crippen molar-refractivity contribution in [2.75, 3.05) is 27.2 Å². The highest BCUT2D eigenvalue weighted by Gasteiger charge is 2.38. The fourth-order valence-corrected chi connectivity index (χ4v) is 3.90. The minimum absolute atomic E-state index is 0.0177. The molecule has 0 aliphatic carbocycles. The second-order valence-corrected chi connectivity index (χ2v) is 6.96. The summed E-state index contributed by atoms with van der Waals surface area (Å²) in [5.74, 6) is 0.418. The summed E-state index contributed by atoms with van der Waals surface area (Å²) >= 11 is 0. The summed E-state index contributed by atoms with van der Waals surface area (Å²) in [6.07, 6.45) is 1.88. The van der Waals surface area contributed by atoms with E-state index in [-0.39, 0.29) is 29.2 Å². The standard InChI is InChI=1S/C19H27NO3/c1-12(2)7-14-11-20-6-5-13-8-18(22-3)19(23-4)9-15(13)16(20)10-17(14)21/h8-9,12,14,16H,5-7,10-11H2,1-4H3/t14-,16+/m1/s1/i3D3,4D3. The van der Waals surface area contributed by atoms with Crippen molar-refractivity contribution >= 4 is 5.78 Å². The maximum absolute atomic E-state index is 12.7. The van der Waals surface area contributed by atoms with Gasteiger partial charge in [0.05, 0.1) is 22.3 Å². The summed E-state index contributed by atoms with van der Waals surface area (Å²) in [5, 5.41) is 0.